The fourth-order valence-electron chi connectivity index (χ4n) is 4.19. The van der Waals surface area contributed by atoms with Gasteiger partial charge in [-0.05, 0) is 69.4 Å². The lowest BCUT2D eigenvalue weighted by Gasteiger charge is -2.29. The molecule has 3 rings (SSSR count). The molecule has 7 heteroatoms. The quantitative estimate of drug-likeness (QED) is 0.335. The van der Waals surface area contributed by atoms with E-state index < -0.39 is 29.9 Å². The number of rotatable bonds is 11. The molecule has 0 bridgehead atoms. The van der Waals surface area contributed by atoms with E-state index in [0.29, 0.717) is 24.2 Å². The summed E-state index contributed by atoms with van der Waals surface area (Å²) in [7, 11) is 1.55. The van der Waals surface area contributed by atoms with Crippen molar-refractivity contribution in [2.75, 3.05) is 7.11 Å². The molecule has 3 aromatic rings. The van der Waals surface area contributed by atoms with Crippen molar-refractivity contribution in [2.45, 2.75) is 63.8 Å². The molecule has 0 saturated carbocycles. The summed E-state index contributed by atoms with van der Waals surface area (Å²) in [5, 5.41) is 17.4. The first kappa shape index (κ1) is 28.7. The first-order chi connectivity index (χ1) is 18.1. The Bertz CT molecular complexity index is 1160. The number of alkyl carbamates (subject to hydrolysis) is 1. The lowest BCUT2D eigenvalue weighted by molar-refractivity contribution is 0.0463. The molecule has 38 heavy (non-hydrogen) atoms. The predicted octanol–water partition coefficient (Wildman–Crippen LogP) is 4.92. The monoisotopic (exact) mass is 518 g/mol. The predicted molar refractivity (Wildman–Crippen MR) is 148 cm³/mol. The van der Waals surface area contributed by atoms with E-state index in [0.717, 1.165) is 11.1 Å². The van der Waals surface area contributed by atoms with E-state index >= 15 is 0 Å². The molecule has 202 valence electrons. The second kappa shape index (κ2) is 13.6. The summed E-state index contributed by atoms with van der Waals surface area (Å²) in [5.74, 6) is 0.255. The highest BCUT2D eigenvalue weighted by Gasteiger charge is 2.28. The van der Waals surface area contributed by atoms with Gasteiger partial charge in [-0.3, -0.25) is 4.79 Å². The van der Waals surface area contributed by atoms with E-state index in [1.165, 1.54) is 0 Å². The number of hydrogen-bond donors (Lipinski definition) is 3. The van der Waals surface area contributed by atoms with Gasteiger partial charge in [0.2, 0.25) is 0 Å². The Morgan fingerprint density at radius 3 is 2.03 bits per heavy atom. The average molecular weight is 519 g/mol. The van der Waals surface area contributed by atoms with E-state index in [2.05, 4.69) is 10.6 Å². The summed E-state index contributed by atoms with van der Waals surface area (Å²) >= 11 is 0. The van der Waals surface area contributed by atoms with Crippen LogP contribution in [0.3, 0.4) is 0 Å². The molecular formula is C31H38N2O5. The maximum absolute atomic E-state index is 13.2. The molecule has 3 atom stereocenters. The summed E-state index contributed by atoms with van der Waals surface area (Å²) in [5.41, 5.74) is 1.77. The Balaban J connectivity index is 1.81. The number of aliphatic hydroxyl groups excluding tert-OH is 1. The van der Waals surface area contributed by atoms with Gasteiger partial charge in [-0.15, -0.1) is 0 Å². The average Bonchev–Trinajstić information content (AvgIpc) is 2.88. The van der Waals surface area contributed by atoms with Crippen LogP contribution >= 0.6 is 0 Å². The maximum Gasteiger partial charge on any atom is 0.407 e. The van der Waals surface area contributed by atoms with Crippen LogP contribution in [-0.2, 0) is 17.6 Å². The maximum atomic E-state index is 13.2. The molecule has 3 aromatic carbocycles. The fourth-order valence-corrected chi connectivity index (χ4v) is 4.19. The first-order valence-electron chi connectivity index (χ1n) is 12.8. The third kappa shape index (κ3) is 9.56. The highest BCUT2D eigenvalue weighted by atomic mass is 16.6. The number of aliphatic hydroxyl groups is 1. The Morgan fingerprint density at radius 1 is 0.842 bits per heavy atom. The molecule has 0 spiro atoms. The van der Waals surface area contributed by atoms with E-state index in [1.807, 2.05) is 60.7 Å². The molecule has 0 aliphatic rings. The minimum Gasteiger partial charge on any atom is -0.497 e. The van der Waals surface area contributed by atoms with Crippen LogP contribution in [-0.4, -0.2) is 48.0 Å². The van der Waals surface area contributed by atoms with Crippen LogP contribution in [0.5, 0.6) is 5.75 Å². The molecule has 0 aliphatic carbocycles. The SMILES string of the molecule is COc1cccc(C(=O)NC(Cc2ccccc2)C(O)CC(Cc2ccccc2)NC(=O)OC(C)(C)C)c1. The van der Waals surface area contributed by atoms with Crippen molar-refractivity contribution in [2.24, 2.45) is 0 Å². The highest BCUT2D eigenvalue weighted by Crippen LogP contribution is 2.17. The fraction of sp³-hybridized carbons (Fsp3) is 0.355. The zero-order valence-electron chi connectivity index (χ0n) is 22.5. The Labute approximate surface area is 225 Å². The van der Waals surface area contributed by atoms with Crippen molar-refractivity contribution in [1.82, 2.24) is 10.6 Å². The van der Waals surface area contributed by atoms with E-state index in [-0.39, 0.29) is 12.3 Å². The van der Waals surface area contributed by atoms with Gasteiger partial charge >= 0.3 is 6.09 Å². The second-order valence-electron chi connectivity index (χ2n) is 10.3. The molecule has 3 N–H and O–H groups in total. The minimum atomic E-state index is -0.951. The Kier molecular flexibility index (Phi) is 10.3. The summed E-state index contributed by atoms with van der Waals surface area (Å²) in [6, 6.07) is 25.3. The van der Waals surface area contributed by atoms with Crippen molar-refractivity contribution < 1.29 is 24.2 Å². The van der Waals surface area contributed by atoms with Gasteiger partial charge in [0.1, 0.15) is 11.4 Å². The third-order valence-electron chi connectivity index (χ3n) is 5.98. The molecule has 7 nitrogen and oxygen atoms in total. The number of hydrogen-bond acceptors (Lipinski definition) is 5. The number of carbonyl (C=O) groups is 2. The Morgan fingerprint density at radius 2 is 1.45 bits per heavy atom. The zero-order valence-corrected chi connectivity index (χ0v) is 22.5. The molecule has 0 heterocycles. The largest absolute Gasteiger partial charge is 0.497 e. The van der Waals surface area contributed by atoms with Crippen LogP contribution in [0.1, 0.15) is 48.7 Å². The van der Waals surface area contributed by atoms with Crippen LogP contribution in [0.15, 0.2) is 84.9 Å². The van der Waals surface area contributed by atoms with Crippen molar-refractivity contribution >= 4 is 12.0 Å². The van der Waals surface area contributed by atoms with Gasteiger partial charge in [0, 0.05) is 11.6 Å². The highest BCUT2D eigenvalue weighted by molar-refractivity contribution is 5.94. The second-order valence-corrected chi connectivity index (χ2v) is 10.3. The number of amides is 2. The summed E-state index contributed by atoms with van der Waals surface area (Å²) in [6.45, 7) is 5.41. The molecule has 0 aromatic heterocycles. The standard InChI is InChI=1S/C31H38N2O5/c1-31(2,3)38-30(36)32-25(18-22-12-7-5-8-13-22)21-28(34)27(19-23-14-9-6-10-15-23)33-29(35)24-16-11-17-26(20-24)37-4/h5-17,20,25,27-28,34H,18-19,21H2,1-4H3,(H,32,36)(H,33,35). The topological polar surface area (TPSA) is 96.9 Å². The zero-order chi connectivity index (χ0) is 27.5. The van der Waals surface area contributed by atoms with Gasteiger partial charge in [-0.1, -0.05) is 66.7 Å². The summed E-state index contributed by atoms with van der Waals surface area (Å²) in [6.07, 6.45) is -0.371. The van der Waals surface area contributed by atoms with Gasteiger partial charge in [-0.2, -0.15) is 0 Å². The lowest BCUT2D eigenvalue weighted by Crippen LogP contribution is -2.49. The molecule has 0 radical (unpaired) electrons. The lowest BCUT2D eigenvalue weighted by atomic mass is 9.93. The van der Waals surface area contributed by atoms with Crippen LogP contribution in [0, 0.1) is 0 Å². The Hall–Kier alpha value is -3.84. The third-order valence-corrected chi connectivity index (χ3v) is 5.98. The summed E-state index contributed by atoms with van der Waals surface area (Å²) in [4.78, 5) is 25.8. The van der Waals surface area contributed by atoms with Crippen molar-refractivity contribution in [3.05, 3.63) is 102 Å². The minimum absolute atomic E-state index is 0.212. The molecule has 0 saturated heterocycles. The van der Waals surface area contributed by atoms with Gasteiger partial charge in [0.15, 0.2) is 0 Å². The molecule has 0 fully saturated rings. The van der Waals surface area contributed by atoms with Crippen LogP contribution in [0.2, 0.25) is 0 Å². The van der Waals surface area contributed by atoms with Crippen molar-refractivity contribution in [1.29, 1.82) is 0 Å². The van der Waals surface area contributed by atoms with Crippen LogP contribution in [0.4, 0.5) is 4.79 Å². The summed E-state index contributed by atoms with van der Waals surface area (Å²) < 4.78 is 10.7. The molecular weight excluding hydrogens is 480 g/mol. The smallest absolute Gasteiger partial charge is 0.407 e. The van der Waals surface area contributed by atoms with Gasteiger partial charge < -0.3 is 25.2 Å². The van der Waals surface area contributed by atoms with Gasteiger partial charge in [0.25, 0.3) is 5.91 Å². The van der Waals surface area contributed by atoms with Gasteiger partial charge in [-0.25, -0.2) is 4.79 Å². The van der Waals surface area contributed by atoms with Gasteiger partial charge in [0.05, 0.1) is 19.3 Å². The van der Waals surface area contributed by atoms with E-state index in [1.54, 1.807) is 52.1 Å². The molecule has 3 unspecified atom stereocenters. The first-order valence-corrected chi connectivity index (χ1v) is 12.8. The number of carbonyl (C=O) groups excluding carboxylic acids is 2. The normalized spacial score (nSPS) is 13.6. The van der Waals surface area contributed by atoms with E-state index in [9.17, 15) is 14.7 Å². The molecule has 2 amide bonds. The number of nitrogens with one attached hydrogen (secondary N) is 2. The number of ether oxygens (including phenoxy) is 2. The number of methoxy groups -OCH3 is 1. The van der Waals surface area contributed by atoms with E-state index in [4.69, 9.17) is 9.47 Å². The molecule has 0 aliphatic heterocycles. The van der Waals surface area contributed by atoms with Crippen LogP contribution in [0.25, 0.3) is 0 Å². The van der Waals surface area contributed by atoms with Crippen molar-refractivity contribution in [3.63, 3.8) is 0 Å². The van der Waals surface area contributed by atoms with Crippen LogP contribution < -0.4 is 15.4 Å². The number of benzene rings is 3. The van der Waals surface area contributed by atoms with Crippen molar-refractivity contribution in [3.8, 4) is 5.75 Å².